The van der Waals surface area contributed by atoms with Gasteiger partial charge in [-0.05, 0) is 45.7 Å². The van der Waals surface area contributed by atoms with E-state index < -0.39 is 17.7 Å². The smallest absolute Gasteiger partial charge is 0.475 e. The first-order valence-corrected chi connectivity index (χ1v) is 10.5. The number of rotatable bonds is 3. The van der Waals surface area contributed by atoms with Crippen LogP contribution in [-0.4, -0.2) is 70.6 Å². The lowest BCUT2D eigenvalue weighted by atomic mass is 10.0. The van der Waals surface area contributed by atoms with Gasteiger partial charge in [-0.3, -0.25) is 4.79 Å². The molecule has 3 aromatic rings. The van der Waals surface area contributed by atoms with E-state index in [0.717, 1.165) is 24.2 Å². The first-order chi connectivity index (χ1) is 15.8. The Bertz CT molecular complexity index is 1170. The fraction of sp³-hybridized carbons (Fsp3) is 0.476. The SMILES string of the molecule is Cc1cccc2nc(C(=O)N3CCC(n4cc(C(C)(C)O)nn4)CC3)cn12.O=C(O)C(F)(F)F. The Balaban J connectivity index is 0.000000406. The maximum absolute atomic E-state index is 12.8. The molecule has 0 saturated carbocycles. The number of carbonyl (C=O) groups is 2. The van der Waals surface area contributed by atoms with E-state index >= 15 is 0 Å². The zero-order valence-corrected chi connectivity index (χ0v) is 18.8. The molecule has 1 aliphatic rings. The van der Waals surface area contributed by atoms with Crippen molar-refractivity contribution in [3.8, 4) is 0 Å². The number of carboxylic acid groups (broad SMARTS) is 1. The van der Waals surface area contributed by atoms with Crippen LogP contribution in [0.1, 0.15) is 54.6 Å². The highest BCUT2D eigenvalue weighted by Gasteiger charge is 2.38. The average Bonchev–Trinajstić information content (AvgIpc) is 3.41. The van der Waals surface area contributed by atoms with Gasteiger partial charge in [0.15, 0.2) is 0 Å². The molecular weight excluding hydrogens is 457 g/mol. The van der Waals surface area contributed by atoms with Crippen molar-refractivity contribution in [3.05, 3.63) is 47.7 Å². The number of likely N-dealkylation sites (tertiary alicyclic amines) is 1. The van der Waals surface area contributed by atoms with Crippen molar-refractivity contribution in [2.75, 3.05) is 13.1 Å². The van der Waals surface area contributed by atoms with Gasteiger partial charge in [-0.15, -0.1) is 5.10 Å². The maximum atomic E-state index is 12.8. The lowest BCUT2D eigenvalue weighted by molar-refractivity contribution is -0.192. The Morgan fingerprint density at radius 2 is 1.74 bits per heavy atom. The second-order valence-corrected chi connectivity index (χ2v) is 8.49. The molecule has 2 N–H and O–H groups in total. The summed E-state index contributed by atoms with van der Waals surface area (Å²) in [7, 11) is 0. The molecule has 34 heavy (non-hydrogen) atoms. The Kier molecular flexibility index (Phi) is 6.96. The number of halogens is 3. The molecule has 1 saturated heterocycles. The van der Waals surface area contributed by atoms with Gasteiger partial charge in [-0.2, -0.15) is 13.2 Å². The van der Waals surface area contributed by atoms with Crippen molar-refractivity contribution in [1.29, 1.82) is 0 Å². The molecule has 0 radical (unpaired) electrons. The van der Waals surface area contributed by atoms with Gasteiger partial charge in [0, 0.05) is 25.0 Å². The van der Waals surface area contributed by atoms with Crippen molar-refractivity contribution in [2.24, 2.45) is 0 Å². The monoisotopic (exact) mass is 482 g/mol. The first-order valence-electron chi connectivity index (χ1n) is 10.5. The van der Waals surface area contributed by atoms with Crippen LogP contribution in [-0.2, 0) is 10.4 Å². The molecule has 4 rings (SSSR count). The van der Waals surface area contributed by atoms with Gasteiger partial charge >= 0.3 is 12.1 Å². The minimum absolute atomic E-state index is 0.0349. The number of aliphatic carboxylic acids is 1. The normalized spacial score (nSPS) is 15.2. The van der Waals surface area contributed by atoms with Crippen LogP contribution in [0.4, 0.5) is 13.2 Å². The third-order valence-corrected chi connectivity index (χ3v) is 5.42. The number of hydrogen-bond donors (Lipinski definition) is 2. The summed E-state index contributed by atoms with van der Waals surface area (Å²) in [5.74, 6) is -2.79. The number of nitrogens with zero attached hydrogens (tertiary/aromatic N) is 6. The summed E-state index contributed by atoms with van der Waals surface area (Å²) in [5, 5.41) is 25.4. The van der Waals surface area contributed by atoms with Gasteiger partial charge in [-0.25, -0.2) is 14.5 Å². The van der Waals surface area contributed by atoms with Crippen LogP contribution < -0.4 is 0 Å². The number of fused-ring (bicyclic) bond motifs is 1. The summed E-state index contributed by atoms with van der Waals surface area (Å²) in [4.78, 5) is 28.1. The molecule has 184 valence electrons. The van der Waals surface area contributed by atoms with Crippen LogP contribution in [0.15, 0.2) is 30.6 Å². The zero-order valence-electron chi connectivity index (χ0n) is 18.8. The molecule has 0 bridgehead atoms. The van der Waals surface area contributed by atoms with Crippen LogP contribution in [0, 0.1) is 6.92 Å². The van der Waals surface area contributed by atoms with E-state index in [0.29, 0.717) is 24.5 Å². The summed E-state index contributed by atoms with van der Waals surface area (Å²) in [6.07, 6.45) is 0.124. The van der Waals surface area contributed by atoms with E-state index in [1.54, 1.807) is 20.0 Å². The average molecular weight is 482 g/mol. The molecule has 4 heterocycles. The Hall–Kier alpha value is -3.48. The number of hydrogen-bond acceptors (Lipinski definition) is 6. The quantitative estimate of drug-likeness (QED) is 0.588. The second-order valence-electron chi connectivity index (χ2n) is 8.49. The van der Waals surface area contributed by atoms with E-state index in [9.17, 15) is 23.1 Å². The van der Waals surface area contributed by atoms with E-state index in [2.05, 4.69) is 15.3 Å². The van der Waals surface area contributed by atoms with E-state index in [1.165, 1.54) is 0 Å². The van der Waals surface area contributed by atoms with Gasteiger partial charge < -0.3 is 19.5 Å². The summed E-state index contributed by atoms with van der Waals surface area (Å²) < 4.78 is 35.5. The topological polar surface area (TPSA) is 126 Å². The molecule has 0 atom stereocenters. The highest BCUT2D eigenvalue weighted by atomic mass is 19.4. The van der Waals surface area contributed by atoms with Crippen molar-refractivity contribution in [1.82, 2.24) is 29.3 Å². The zero-order chi connectivity index (χ0) is 25.3. The van der Waals surface area contributed by atoms with E-state index in [4.69, 9.17) is 9.90 Å². The predicted molar refractivity (Wildman–Crippen MR) is 113 cm³/mol. The van der Waals surface area contributed by atoms with E-state index in [-0.39, 0.29) is 11.9 Å². The summed E-state index contributed by atoms with van der Waals surface area (Å²) >= 11 is 0. The molecule has 1 amide bonds. The van der Waals surface area contributed by atoms with Crippen molar-refractivity contribution in [3.63, 3.8) is 0 Å². The number of pyridine rings is 1. The summed E-state index contributed by atoms with van der Waals surface area (Å²) in [6, 6.07) is 6.02. The minimum atomic E-state index is -5.08. The van der Waals surface area contributed by atoms with Gasteiger partial charge in [-0.1, -0.05) is 11.3 Å². The number of piperidine rings is 1. The maximum Gasteiger partial charge on any atom is 0.490 e. The van der Waals surface area contributed by atoms with Gasteiger partial charge in [0.25, 0.3) is 5.91 Å². The Labute approximate surface area is 192 Å². The second kappa shape index (κ2) is 9.41. The third-order valence-electron chi connectivity index (χ3n) is 5.42. The fourth-order valence-electron chi connectivity index (χ4n) is 3.48. The van der Waals surface area contributed by atoms with Gasteiger partial charge in [0.05, 0.1) is 12.2 Å². The lowest BCUT2D eigenvalue weighted by Crippen LogP contribution is -2.39. The largest absolute Gasteiger partial charge is 0.490 e. The number of aryl methyl sites for hydroxylation is 1. The van der Waals surface area contributed by atoms with Crippen LogP contribution in [0.5, 0.6) is 0 Å². The number of aliphatic hydroxyl groups is 1. The van der Waals surface area contributed by atoms with Crippen molar-refractivity contribution >= 4 is 17.5 Å². The van der Waals surface area contributed by atoms with Gasteiger partial charge in [0.2, 0.25) is 0 Å². The van der Waals surface area contributed by atoms with Crippen LogP contribution in [0.3, 0.4) is 0 Å². The first kappa shape index (κ1) is 25.1. The molecule has 1 aliphatic heterocycles. The fourth-order valence-corrected chi connectivity index (χ4v) is 3.48. The molecule has 3 aromatic heterocycles. The van der Waals surface area contributed by atoms with Crippen LogP contribution in [0.25, 0.3) is 5.65 Å². The third kappa shape index (κ3) is 5.71. The Morgan fingerprint density at radius 1 is 1.12 bits per heavy atom. The minimum Gasteiger partial charge on any atom is -0.475 e. The van der Waals surface area contributed by atoms with E-state index in [1.807, 2.05) is 45.3 Å². The molecule has 13 heteroatoms. The molecule has 1 fully saturated rings. The highest BCUT2D eigenvalue weighted by Crippen LogP contribution is 2.25. The Morgan fingerprint density at radius 3 is 2.24 bits per heavy atom. The van der Waals surface area contributed by atoms with Crippen molar-refractivity contribution < 1.29 is 33.0 Å². The number of imidazole rings is 1. The van der Waals surface area contributed by atoms with Gasteiger partial charge in [0.1, 0.15) is 22.6 Å². The number of aromatic nitrogens is 5. The standard InChI is InChI=1S/C19H24N6O2.C2HF3O2/c1-13-5-4-6-17-20-15(11-24(13)17)18(26)23-9-7-14(8-10-23)25-12-16(21-22-25)19(2,3)27;3-2(4,5)1(6)7/h4-6,11-12,14,27H,7-10H2,1-3H3;(H,6,7). The summed E-state index contributed by atoms with van der Waals surface area (Å²) in [5.41, 5.74) is 1.87. The number of alkyl halides is 3. The molecule has 0 aromatic carbocycles. The number of amides is 1. The summed E-state index contributed by atoms with van der Waals surface area (Å²) in [6.45, 7) is 6.68. The molecule has 0 spiro atoms. The molecule has 10 nitrogen and oxygen atoms in total. The predicted octanol–water partition coefficient (Wildman–Crippen LogP) is 2.57. The molecular formula is C21H25F3N6O4. The van der Waals surface area contributed by atoms with Crippen LogP contribution >= 0.6 is 0 Å². The highest BCUT2D eigenvalue weighted by molar-refractivity contribution is 5.93. The lowest BCUT2D eigenvalue weighted by Gasteiger charge is -2.31. The van der Waals surface area contributed by atoms with Crippen molar-refractivity contribution in [2.45, 2.75) is 51.4 Å². The number of carboxylic acids is 1. The molecule has 0 unspecified atom stereocenters. The molecule has 0 aliphatic carbocycles. The van der Waals surface area contributed by atoms with Crippen LogP contribution in [0.2, 0.25) is 0 Å². The number of carbonyl (C=O) groups excluding carboxylic acids is 1.